The molecule has 0 spiro atoms. The third-order valence-electron chi connectivity index (χ3n) is 2.29. The zero-order valence-corrected chi connectivity index (χ0v) is 9.12. The van der Waals surface area contributed by atoms with Gasteiger partial charge in [0.2, 0.25) is 0 Å². The summed E-state index contributed by atoms with van der Waals surface area (Å²) in [4.78, 5) is 4.19. The normalized spacial score (nSPS) is 15.7. The average molecular weight is 183 g/mol. The molecule has 0 radical (unpaired) electrons. The smallest absolute Gasteiger partial charge is 0.0659 e. The predicted molar refractivity (Wildman–Crippen MR) is 58.0 cm³/mol. The molecular formula is C11H21NO. The van der Waals surface area contributed by atoms with E-state index in [-0.39, 0.29) is 6.61 Å². The first-order valence-corrected chi connectivity index (χ1v) is 4.93. The third-order valence-corrected chi connectivity index (χ3v) is 2.29. The van der Waals surface area contributed by atoms with Crippen LogP contribution in [0.4, 0.5) is 0 Å². The maximum Gasteiger partial charge on any atom is 0.0659 e. The number of rotatable bonds is 5. The number of aliphatic hydroxyl groups excluding tert-OH is 1. The molecule has 2 heteroatoms. The van der Waals surface area contributed by atoms with Gasteiger partial charge in [-0.3, -0.25) is 4.99 Å². The van der Waals surface area contributed by atoms with Crippen molar-refractivity contribution in [3.8, 4) is 0 Å². The molecule has 0 aliphatic heterocycles. The Hall–Kier alpha value is -0.630. The van der Waals surface area contributed by atoms with E-state index in [9.17, 15) is 0 Å². The molecule has 0 fully saturated rings. The van der Waals surface area contributed by atoms with Crippen LogP contribution in [0.3, 0.4) is 0 Å². The largest absolute Gasteiger partial charge is 0.392 e. The van der Waals surface area contributed by atoms with E-state index in [0.717, 1.165) is 12.0 Å². The van der Waals surface area contributed by atoms with Gasteiger partial charge in [-0.2, -0.15) is 0 Å². The van der Waals surface area contributed by atoms with E-state index in [0.29, 0.717) is 11.8 Å². The maximum absolute atomic E-state index is 8.86. The summed E-state index contributed by atoms with van der Waals surface area (Å²) in [5.41, 5.74) is 0.979. The fourth-order valence-corrected chi connectivity index (χ4v) is 0.700. The van der Waals surface area contributed by atoms with Crippen molar-refractivity contribution in [3.05, 3.63) is 11.8 Å². The van der Waals surface area contributed by atoms with E-state index >= 15 is 0 Å². The molecule has 2 nitrogen and oxygen atoms in total. The highest BCUT2D eigenvalue weighted by Crippen LogP contribution is 2.06. The molecule has 0 rings (SSSR count). The molecule has 0 saturated carbocycles. The van der Waals surface area contributed by atoms with E-state index in [1.165, 1.54) is 0 Å². The van der Waals surface area contributed by atoms with Gasteiger partial charge >= 0.3 is 0 Å². The Morgan fingerprint density at radius 2 is 2.00 bits per heavy atom. The van der Waals surface area contributed by atoms with Crippen LogP contribution in [-0.2, 0) is 0 Å². The molecule has 0 aromatic rings. The second-order valence-corrected chi connectivity index (χ2v) is 3.70. The van der Waals surface area contributed by atoms with Crippen LogP contribution in [0.15, 0.2) is 16.8 Å². The molecule has 0 aliphatic rings. The number of hydrogen-bond donors (Lipinski definition) is 1. The SMILES string of the molecule is CC/C(=C\N=C/[C@H](C)C(C)C)CO. The van der Waals surface area contributed by atoms with Crippen molar-refractivity contribution in [2.75, 3.05) is 6.61 Å². The lowest BCUT2D eigenvalue weighted by atomic mass is 10.00. The van der Waals surface area contributed by atoms with Gasteiger partial charge in [-0.1, -0.05) is 27.7 Å². The van der Waals surface area contributed by atoms with Gasteiger partial charge in [0, 0.05) is 12.4 Å². The Kier molecular flexibility index (Phi) is 6.51. The van der Waals surface area contributed by atoms with Gasteiger partial charge in [-0.25, -0.2) is 0 Å². The number of aliphatic imine (C=N–C) groups is 1. The van der Waals surface area contributed by atoms with Gasteiger partial charge in [0.1, 0.15) is 0 Å². The van der Waals surface area contributed by atoms with Crippen molar-refractivity contribution in [1.82, 2.24) is 0 Å². The van der Waals surface area contributed by atoms with Gasteiger partial charge in [0.15, 0.2) is 0 Å². The Bertz CT molecular complexity index is 177. The maximum atomic E-state index is 8.86. The Morgan fingerprint density at radius 1 is 1.38 bits per heavy atom. The van der Waals surface area contributed by atoms with E-state index in [4.69, 9.17) is 5.11 Å². The van der Waals surface area contributed by atoms with Gasteiger partial charge in [0.25, 0.3) is 0 Å². The Labute approximate surface area is 81.4 Å². The topological polar surface area (TPSA) is 32.6 Å². The summed E-state index contributed by atoms with van der Waals surface area (Å²) in [7, 11) is 0. The molecule has 76 valence electrons. The monoisotopic (exact) mass is 183 g/mol. The molecule has 1 N–H and O–H groups in total. The van der Waals surface area contributed by atoms with E-state index in [2.05, 4.69) is 25.8 Å². The lowest BCUT2D eigenvalue weighted by Gasteiger charge is -2.07. The minimum absolute atomic E-state index is 0.115. The van der Waals surface area contributed by atoms with E-state index in [1.54, 1.807) is 6.20 Å². The molecule has 0 heterocycles. The first-order chi connectivity index (χ1) is 6.11. The Balaban J connectivity index is 4.04. The van der Waals surface area contributed by atoms with Gasteiger partial charge < -0.3 is 5.11 Å². The van der Waals surface area contributed by atoms with Crippen molar-refractivity contribution in [1.29, 1.82) is 0 Å². The first-order valence-electron chi connectivity index (χ1n) is 4.93. The number of hydrogen-bond acceptors (Lipinski definition) is 2. The second kappa shape index (κ2) is 6.84. The fraction of sp³-hybridized carbons (Fsp3) is 0.727. The number of nitrogens with zero attached hydrogens (tertiary/aromatic N) is 1. The first kappa shape index (κ1) is 12.4. The van der Waals surface area contributed by atoms with Gasteiger partial charge in [0.05, 0.1) is 6.61 Å². The highest BCUT2D eigenvalue weighted by atomic mass is 16.3. The quantitative estimate of drug-likeness (QED) is 0.653. The minimum atomic E-state index is 0.115. The summed E-state index contributed by atoms with van der Waals surface area (Å²) in [6.07, 6.45) is 4.57. The highest BCUT2D eigenvalue weighted by molar-refractivity contribution is 5.61. The van der Waals surface area contributed by atoms with Crippen molar-refractivity contribution < 1.29 is 5.11 Å². The zero-order chi connectivity index (χ0) is 10.3. The summed E-state index contributed by atoms with van der Waals surface area (Å²) >= 11 is 0. The van der Waals surface area contributed by atoms with Crippen molar-refractivity contribution in [3.63, 3.8) is 0 Å². The predicted octanol–water partition coefficient (Wildman–Crippen LogP) is 2.64. The summed E-state index contributed by atoms with van der Waals surface area (Å²) in [6.45, 7) is 8.63. The zero-order valence-electron chi connectivity index (χ0n) is 9.12. The summed E-state index contributed by atoms with van der Waals surface area (Å²) in [5.74, 6) is 1.12. The van der Waals surface area contributed by atoms with Crippen LogP contribution in [-0.4, -0.2) is 17.9 Å². The molecule has 1 atom stereocenters. The summed E-state index contributed by atoms with van der Waals surface area (Å²) in [5, 5.41) is 8.86. The van der Waals surface area contributed by atoms with Crippen LogP contribution in [0.2, 0.25) is 0 Å². The molecule has 0 aromatic carbocycles. The molecule has 0 unspecified atom stereocenters. The van der Waals surface area contributed by atoms with E-state index in [1.807, 2.05) is 13.1 Å². The summed E-state index contributed by atoms with van der Waals surface area (Å²) in [6, 6.07) is 0. The van der Waals surface area contributed by atoms with Gasteiger partial charge in [-0.15, -0.1) is 0 Å². The molecule has 0 amide bonds. The second-order valence-electron chi connectivity index (χ2n) is 3.70. The molecule has 0 aromatic heterocycles. The Morgan fingerprint density at radius 3 is 2.38 bits per heavy atom. The van der Waals surface area contributed by atoms with Crippen LogP contribution in [0, 0.1) is 11.8 Å². The lowest BCUT2D eigenvalue weighted by Crippen LogP contribution is -2.04. The third kappa shape index (κ3) is 5.58. The molecule has 0 bridgehead atoms. The molecule has 0 aliphatic carbocycles. The lowest BCUT2D eigenvalue weighted by molar-refractivity contribution is 0.327. The number of aliphatic hydroxyl groups is 1. The standard InChI is InChI=1S/C11H21NO/c1-5-11(8-13)7-12-6-10(4)9(2)3/h6-7,9-10,13H,5,8H2,1-4H3/b11-7+,12-6-/t10-/m0/s1. The van der Waals surface area contributed by atoms with Crippen molar-refractivity contribution >= 4 is 6.21 Å². The average Bonchev–Trinajstić information content (AvgIpc) is 2.12. The van der Waals surface area contributed by atoms with Crippen LogP contribution in [0.1, 0.15) is 34.1 Å². The van der Waals surface area contributed by atoms with Crippen molar-refractivity contribution in [2.45, 2.75) is 34.1 Å². The van der Waals surface area contributed by atoms with Crippen LogP contribution < -0.4 is 0 Å². The van der Waals surface area contributed by atoms with Crippen LogP contribution >= 0.6 is 0 Å². The molecular weight excluding hydrogens is 162 g/mol. The summed E-state index contributed by atoms with van der Waals surface area (Å²) < 4.78 is 0. The molecule has 0 saturated heterocycles. The highest BCUT2D eigenvalue weighted by Gasteiger charge is 2.01. The fourth-order valence-electron chi connectivity index (χ4n) is 0.700. The van der Waals surface area contributed by atoms with Crippen LogP contribution in [0.5, 0.6) is 0 Å². The van der Waals surface area contributed by atoms with E-state index < -0.39 is 0 Å². The molecule has 13 heavy (non-hydrogen) atoms. The minimum Gasteiger partial charge on any atom is -0.392 e. The van der Waals surface area contributed by atoms with Crippen LogP contribution in [0.25, 0.3) is 0 Å². The van der Waals surface area contributed by atoms with Gasteiger partial charge in [-0.05, 0) is 23.8 Å². The van der Waals surface area contributed by atoms with Crippen molar-refractivity contribution in [2.24, 2.45) is 16.8 Å².